The van der Waals surface area contributed by atoms with Crippen LogP contribution in [-0.2, 0) is 6.54 Å². The Hall–Kier alpha value is -3.32. The summed E-state index contributed by atoms with van der Waals surface area (Å²) >= 11 is 0. The van der Waals surface area contributed by atoms with Gasteiger partial charge in [0.2, 0.25) is 0 Å². The van der Waals surface area contributed by atoms with Crippen molar-refractivity contribution in [2.75, 3.05) is 5.32 Å². The van der Waals surface area contributed by atoms with E-state index in [1.54, 1.807) is 12.2 Å². The number of hydrogen-bond acceptors (Lipinski definition) is 3. The van der Waals surface area contributed by atoms with Crippen molar-refractivity contribution in [1.82, 2.24) is 10.3 Å². The molecule has 0 radical (unpaired) electrons. The monoisotopic (exact) mass is 379 g/mol. The number of primary amides is 2. The molecule has 0 unspecified atom stereocenters. The summed E-state index contributed by atoms with van der Waals surface area (Å²) in [6.07, 6.45) is 9.91. The van der Waals surface area contributed by atoms with Crippen LogP contribution in [0.1, 0.15) is 41.3 Å². The molecule has 1 fully saturated rings. The van der Waals surface area contributed by atoms with E-state index in [1.165, 1.54) is 18.4 Å². The first-order chi connectivity index (χ1) is 13.5. The number of urea groups is 1. The zero-order chi connectivity index (χ0) is 20.1. The predicted molar refractivity (Wildman–Crippen MR) is 112 cm³/mol. The maximum absolute atomic E-state index is 11.9. The number of H-pyrrole nitrogens is 1. The summed E-state index contributed by atoms with van der Waals surface area (Å²) in [5.74, 6) is -0.457. The molecule has 1 aromatic carbocycles. The quantitative estimate of drug-likeness (QED) is 0.495. The molecule has 7 nitrogen and oxygen atoms in total. The number of nitrogens with one attached hydrogen (secondary N) is 3. The van der Waals surface area contributed by atoms with Crippen molar-refractivity contribution >= 4 is 36.0 Å². The first kappa shape index (κ1) is 19.4. The second-order valence-corrected chi connectivity index (χ2v) is 6.77. The molecule has 3 rings (SSSR count). The van der Waals surface area contributed by atoms with Gasteiger partial charge in [-0.2, -0.15) is 0 Å². The van der Waals surface area contributed by atoms with Crippen LogP contribution in [-0.4, -0.2) is 23.0 Å². The molecule has 1 heterocycles. The number of benzene rings is 1. The highest BCUT2D eigenvalue weighted by Crippen LogP contribution is 2.19. The number of carbonyl (C=O) groups is 2. The van der Waals surface area contributed by atoms with Crippen LogP contribution in [0.15, 0.2) is 30.3 Å². The molecular weight excluding hydrogens is 354 g/mol. The van der Waals surface area contributed by atoms with Crippen molar-refractivity contribution < 1.29 is 9.59 Å². The van der Waals surface area contributed by atoms with Crippen molar-refractivity contribution in [2.45, 2.75) is 32.4 Å². The summed E-state index contributed by atoms with van der Waals surface area (Å²) in [5.41, 5.74) is 13.2. The first-order valence-corrected chi connectivity index (χ1v) is 9.23. The Bertz CT molecular complexity index is 1030. The van der Waals surface area contributed by atoms with Crippen molar-refractivity contribution in [3.05, 3.63) is 57.6 Å². The van der Waals surface area contributed by atoms with Crippen molar-refractivity contribution in [1.29, 1.82) is 0 Å². The van der Waals surface area contributed by atoms with Gasteiger partial charge >= 0.3 is 6.03 Å². The lowest BCUT2D eigenvalue weighted by Crippen LogP contribution is -2.29. The van der Waals surface area contributed by atoms with Gasteiger partial charge in [0.25, 0.3) is 5.91 Å². The van der Waals surface area contributed by atoms with Crippen LogP contribution < -0.4 is 32.7 Å². The van der Waals surface area contributed by atoms with E-state index < -0.39 is 11.9 Å². The molecule has 1 aromatic heterocycles. The van der Waals surface area contributed by atoms with E-state index >= 15 is 0 Å². The number of allylic oxidation sites excluding steroid dienone is 1. The molecule has 3 amide bonds. The standard InChI is InChI=1S/C21H25N5O2/c1-2-17-16(18(19(22)27)20(25-17)26-21(23)28)8-4-6-13-5-3-7-14(11-13)12-24-15-9-10-15/h2-8,11,15,24-25H,9-10,12H2,1H3,(H2,22,27)(H3,23,26,28)/b6-4+,16-8+,17-2+. The van der Waals surface area contributed by atoms with E-state index in [-0.39, 0.29) is 11.4 Å². The second-order valence-electron chi connectivity index (χ2n) is 6.77. The molecule has 2 aromatic rings. The van der Waals surface area contributed by atoms with Gasteiger partial charge in [0.05, 0.1) is 5.56 Å². The maximum Gasteiger partial charge on any atom is 0.317 e. The molecule has 0 atom stereocenters. The Morgan fingerprint density at radius 2 is 2.07 bits per heavy atom. The summed E-state index contributed by atoms with van der Waals surface area (Å²) in [6, 6.07) is 8.16. The first-order valence-electron chi connectivity index (χ1n) is 9.23. The zero-order valence-corrected chi connectivity index (χ0v) is 15.8. The molecule has 0 saturated heterocycles. The number of hydrogen-bond donors (Lipinski definition) is 5. The third-order valence-corrected chi connectivity index (χ3v) is 4.53. The smallest absolute Gasteiger partial charge is 0.317 e. The van der Waals surface area contributed by atoms with E-state index in [9.17, 15) is 9.59 Å². The molecule has 146 valence electrons. The SMILES string of the molecule is C/C=c1/[nH]c(NC(N)=O)c(C(N)=O)/c1=C/C=C/c1cccc(CNC2CC2)c1. The molecule has 0 aliphatic heterocycles. The summed E-state index contributed by atoms with van der Waals surface area (Å²) < 4.78 is 0. The minimum atomic E-state index is -0.773. The van der Waals surface area contributed by atoms with Gasteiger partial charge in [-0.15, -0.1) is 0 Å². The number of amides is 3. The van der Waals surface area contributed by atoms with Crippen LogP contribution in [0.5, 0.6) is 0 Å². The predicted octanol–water partition coefficient (Wildman–Crippen LogP) is 1.15. The number of aromatic amines is 1. The fourth-order valence-corrected chi connectivity index (χ4v) is 3.02. The minimum Gasteiger partial charge on any atom is -0.365 e. The normalized spacial score (nSPS) is 15.3. The fraction of sp³-hybridized carbons (Fsp3) is 0.238. The highest BCUT2D eigenvalue weighted by atomic mass is 16.2. The van der Waals surface area contributed by atoms with Crippen LogP contribution in [0, 0.1) is 0 Å². The maximum atomic E-state index is 11.9. The van der Waals surface area contributed by atoms with Gasteiger partial charge in [0.15, 0.2) is 0 Å². The molecule has 1 saturated carbocycles. The van der Waals surface area contributed by atoms with Crippen LogP contribution in [0.3, 0.4) is 0 Å². The Labute approximate surface area is 163 Å². The molecule has 0 bridgehead atoms. The van der Waals surface area contributed by atoms with Crippen LogP contribution >= 0.6 is 0 Å². The van der Waals surface area contributed by atoms with Crippen molar-refractivity contribution in [3.8, 4) is 0 Å². The average molecular weight is 379 g/mol. The minimum absolute atomic E-state index is 0.193. The summed E-state index contributed by atoms with van der Waals surface area (Å²) in [6.45, 7) is 2.68. The van der Waals surface area contributed by atoms with E-state index in [0.29, 0.717) is 16.6 Å². The molecule has 0 spiro atoms. The highest BCUT2D eigenvalue weighted by Gasteiger charge is 2.19. The average Bonchev–Trinajstić information content (AvgIpc) is 3.41. The van der Waals surface area contributed by atoms with Crippen LogP contribution in [0.4, 0.5) is 10.6 Å². The molecule has 1 aliphatic carbocycles. The Morgan fingerprint density at radius 3 is 2.71 bits per heavy atom. The lowest BCUT2D eigenvalue weighted by Gasteiger charge is -2.03. The van der Waals surface area contributed by atoms with Gasteiger partial charge in [-0.1, -0.05) is 48.6 Å². The Balaban J connectivity index is 1.88. The van der Waals surface area contributed by atoms with Gasteiger partial charge < -0.3 is 21.8 Å². The number of nitrogens with two attached hydrogens (primary N) is 2. The third kappa shape index (κ3) is 4.89. The number of carbonyl (C=O) groups excluding carboxylic acids is 2. The number of anilines is 1. The lowest BCUT2D eigenvalue weighted by atomic mass is 10.1. The van der Waals surface area contributed by atoms with Gasteiger partial charge in [-0.3, -0.25) is 10.1 Å². The van der Waals surface area contributed by atoms with Crippen LogP contribution in [0.2, 0.25) is 0 Å². The summed E-state index contributed by atoms with van der Waals surface area (Å²) in [4.78, 5) is 26.1. The number of rotatable bonds is 7. The lowest BCUT2D eigenvalue weighted by molar-refractivity contribution is 0.100. The fourth-order valence-electron chi connectivity index (χ4n) is 3.02. The molecule has 7 N–H and O–H groups in total. The largest absolute Gasteiger partial charge is 0.365 e. The molecule has 1 aliphatic rings. The van der Waals surface area contributed by atoms with E-state index in [4.69, 9.17) is 11.5 Å². The van der Waals surface area contributed by atoms with Gasteiger partial charge in [0, 0.05) is 23.2 Å². The second kappa shape index (κ2) is 8.58. The molecule has 7 heteroatoms. The highest BCUT2D eigenvalue weighted by molar-refractivity contribution is 6.02. The van der Waals surface area contributed by atoms with Crippen LogP contribution in [0.25, 0.3) is 18.2 Å². The van der Waals surface area contributed by atoms with Crippen molar-refractivity contribution in [2.24, 2.45) is 11.5 Å². The third-order valence-electron chi connectivity index (χ3n) is 4.53. The Kier molecular flexibility index (Phi) is 5.96. The molecular formula is C21H25N5O2. The zero-order valence-electron chi connectivity index (χ0n) is 15.8. The van der Waals surface area contributed by atoms with Gasteiger partial charge in [0.1, 0.15) is 5.82 Å². The van der Waals surface area contributed by atoms with Gasteiger partial charge in [-0.05, 0) is 30.9 Å². The summed E-state index contributed by atoms with van der Waals surface area (Å²) in [5, 5.41) is 7.17. The Morgan fingerprint density at radius 1 is 1.29 bits per heavy atom. The topological polar surface area (TPSA) is 126 Å². The van der Waals surface area contributed by atoms with Gasteiger partial charge in [-0.25, -0.2) is 4.79 Å². The van der Waals surface area contributed by atoms with E-state index in [2.05, 4.69) is 27.8 Å². The number of aromatic nitrogens is 1. The summed E-state index contributed by atoms with van der Waals surface area (Å²) in [7, 11) is 0. The molecule has 28 heavy (non-hydrogen) atoms. The van der Waals surface area contributed by atoms with Crippen molar-refractivity contribution in [3.63, 3.8) is 0 Å². The van der Waals surface area contributed by atoms with E-state index in [0.717, 1.165) is 12.1 Å². The van der Waals surface area contributed by atoms with E-state index in [1.807, 2.05) is 31.2 Å².